The number of benzene rings is 2. The first-order chi connectivity index (χ1) is 16.9. The first kappa shape index (κ1) is 25.3. The molecule has 0 bridgehead atoms. The van der Waals surface area contributed by atoms with Gasteiger partial charge in [-0.25, -0.2) is 0 Å². The summed E-state index contributed by atoms with van der Waals surface area (Å²) in [5.74, 6) is -0.983. The van der Waals surface area contributed by atoms with E-state index in [2.05, 4.69) is 15.2 Å². The number of alkyl halides is 3. The number of carbonyl (C=O) groups is 1. The quantitative estimate of drug-likeness (QED) is 0.413. The number of nitrogens with zero attached hydrogens (tertiary/aromatic N) is 1. The lowest BCUT2D eigenvalue weighted by atomic mass is 9.84. The molecular weight excluding hydrogens is 455 g/mol. The van der Waals surface area contributed by atoms with Crippen molar-refractivity contribution < 1.29 is 22.7 Å². The summed E-state index contributed by atoms with van der Waals surface area (Å²) < 4.78 is 47.1. The number of hydrogen-bond acceptors (Lipinski definition) is 3. The van der Waals surface area contributed by atoms with Gasteiger partial charge in [-0.1, -0.05) is 43.3 Å². The number of amides is 1. The number of aryl methyl sites for hydroxylation is 1. The Morgan fingerprint density at radius 1 is 1.11 bits per heavy atom. The first-order valence-electron chi connectivity index (χ1n) is 12.2. The highest BCUT2D eigenvalue weighted by atomic mass is 19.4. The number of rotatable bonds is 9. The molecule has 4 rings (SSSR count). The Bertz CT molecular complexity index is 1140. The van der Waals surface area contributed by atoms with E-state index >= 15 is 0 Å². The van der Waals surface area contributed by atoms with Crippen LogP contribution in [0.15, 0.2) is 48.7 Å². The average molecular weight is 488 g/mol. The topological polar surface area (TPSA) is 57.4 Å². The van der Waals surface area contributed by atoms with Crippen molar-refractivity contribution >= 4 is 16.8 Å². The van der Waals surface area contributed by atoms with Crippen molar-refractivity contribution in [3.63, 3.8) is 0 Å². The molecule has 2 N–H and O–H groups in total. The molecule has 1 aromatic heterocycles. The van der Waals surface area contributed by atoms with Gasteiger partial charge in [-0.05, 0) is 42.1 Å². The second-order valence-electron chi connectivity index (χ2n) is 8.94. The summed E-state index contributed by atoms with van der Waals surface area (Å²) in [6, 6.07) is 11.4. The third-order valence-corrected chi connectivity index (χ3v) is 6.70. The molecule has 1 atom stereocenters. The standard InChI is InChI=1S/C27H32F3N3O2/c1-2-19-7-5-9-21-23(18-32-26(19)21)22(20-8-3-4-10-24(20)27(28,29)30)17-25(34)31-11-6-12-33-13-15-35-16-14-33/h3-5,7-10,18,22,32H,2,6,11-17H2,1H3,(H,31,34). The van der Waals surface area contributed by atoms with Gasteiger partial charge in [0.25, 0.3) is 0 Å². The van der Waals surface area contributed by atoms with E-state index < -0.39 is 17.7 Å². The highest BCUT2D eigenvalue weighted by Crippen LogP contribution is 2.41. The van der Waals surface area contributed by atoms with Crippen molar-refractivity contribution in [1.82, 2.24) is 15.2 Å². The maximum Gasteiger partial charge on any atom is 0.416 e. The number of hydrogen-bond donors (Lipinski definition) is 2. The van der Waals surface area contributed by atoms with Crippen LogP contribution in [0.2, 0.25) is 0 Å². The molecule has 5 nitrogen and oxygen atoms in total. The molecule has 1 aliphatic rings. The highest BCUT2D eigenvalue weighted by molar-refractivity contribution is 5.88. The maximum absolute atomic E-state index is 13.9. The minimum atomic E-state index is -4.51. The van der Waals surface area contributed by atoms with E-state index in [1.165, 1.54) is 12.1 Å². The Kier molecular flexibility index (Phi) is 8.13. The van der Waals surface area contributed by atoms with Crippen LogP contribution in [0, 0.1) is 0 Å². The molecular formula is C27H32F3N3O2. The van der Waals surface area contributed by atoms with Gasteiger partial charge in [-0.3, -0.25) is 9.69 Å². The largest absolute Gasteiger partial charge is 0.416 e. The van der Waals surface area contributed by atoms with Gasteiger partial charge in [0.15, 0.2) is 0 Å². The van der Waals surface area contributed by atoms with Crippen molar-refractivity contribution in [2.75, 3.05) is 39.4 Å². The fraction of sp³-hybridized carbons (Fsp3) is 0.444. The summed E-state index contributed by atoms with van der Waals surface area (Å²) >= 11 is 0. The van der Waals surface area contributed by atoms with Gasteiger partial charge < -0.3 is 15.0 Å². The molecule has 1 amide bonds. The molecule has 1 aliphatic heterocycles. The van der Waals surface area contributed by atoms with Gasteiger partial charge in [0.1, 0.15) is 0 Å². The second kappa shape index (κ2) is 11.3. The van der Waals surface area contributed by atoms with Gasteiger partial charge in [0.05, 0.1) is 18.8 Å². The zero-order valence-electron chi connectivity index (χ0n) is 20.0. The third kappa shape index (κ3) is 6.05. The van der Waals surface area contributed by atoms with Gasteiger partial charge in [-0.2, -0.15) is 13.2 Å². The van der Waals surface area contributed by atoms with Crippen molar-refractivity contribution in [2.24, 2.45) is 0 Å². The predicted octanol–water partition coefficient (Wildman–Crippen LogP) is 5.11. The first-order valence-corrected chi connectivity index (χ1v) is 12.2. The molecule has 188 valence electrons. The van der Waals surface area contributed by atoms with Crippen LogP contribution in [0.3, 0.4) is 0 Å². The van der Waals surface area contributed by atoms with Crippen LogP contribution in [0.1, 0.15) is 47.9 Å². The third-order valence-electron chi connectivity index (χ3n) is 6.70. The lowest BCUT2D eigenvalue weighted by molar-refractivity contribution is -0.138. The Morgan fingerprint density at radius 2 is 1.89 bits per heavy atom. The normalized spacial score (nSPS) is 15.9. The van der Waals surface area contributed by atoms with Crippen LogP contribution >= 0.6 is 0 Å². The summed E-state index contributed by atoms with van der Waals surface area (Å²) in [6.45, 7) is 6.57. The molecule has 1 unspecified atom stereocenters. The van der Waals surface area contributed by atoms with Gasteiger partial charge in [-0.15, -0.1) is 0 Å². The number of fused-ring (bicyclic) bond motifs is 1. The highest BCUT2D eigenvalue weighted by Gasteiger charge is 2.36. The summed E-state index contributed by atoms with van der Waals surface area (Å²) in [6.07, 6.45) is -1.24. The van der Waals surface area contributed by atoms with Gasteiger partial charge in [0.2, 0.25) is 5.91 Å². The molecule has 1 saturated heterocycles. The molecule has 2 aromatic carbocycles. The molecule has 0 spiro atoms. The van der Waals surface area contributed by atoms with E-state index in [0.717, 1.165) is 68.2 Å². The van der Waals surface area contributed by atoms with E-state index in [1.54, 1.807) is 12.3 Å². The average Bonchev–Trinajstić information content (AvgIpc) is 3.29. The number of ether oxygens (including phenoxy) is 1. The number of halogens is 3. The monoisotopic (exact) mass is 487 g/mol. The number of morpholine rings is 1. The SMILES string of the molecule is CCc1cccc2c(C(CC(=O)NCCCN3CCOCC3)c3ccccc3C(F)(F)F)c[nH]c12. The van der Waals surface area contributed by atoms with Crippen LogP contribution in [-0.4, -0.2) is 55.2 Å². The molecule has 2 heterocycles. The maximum atomic E-state index is 13.9. The molecule has 8 heteroatoms. The predicted molar refractivity (Wildman–Crippen MR) is 130 cm³/mol. The lowest BCUT2D eigenvalue weighted by Crippen LogP contribution is -2.38. The molecule has 35 heavy (non-hydrogen) atoms. The molecule has 3 aromatic rings. The van der Waals surface area contributed by atoms with E-state index in [0.29, 0.717) is 12.1 Å². The van der Waals surface area contributed by atoms with Crippen LogP contribution in [0.25, 0.3) is 10.9 Å². The fourth-order valence-corrected chi connectivity index (χ4v) is 4.88. The van der Waals surface area contributed by atoms with Crippen molar-refractivity contribution in [3.05, 3.63) is 70.9 Å². The van der Waals surface area contributed by atoms with E-state index in [9.17, 15) is 18.0 Å². The Morgan fingerprint density at radius 3 is 2.63 bits per heavy atom. The summed E-state index contributed by atoms with van der Waals surface area (Å²) in [4.78, 5) is 18.5. The zero-order valence-corrected chi connectivity index (χ0v) is 20.0. The molecule has 0 aliphatic carbocycles. The second-order valence-corrected chi connectivity index (χ2v) is 8.94. The van der Waals surface area contributed by atoms with Crippen molar-refractivity contribution in [3.8, 4) is 0 Å². The molecule has 0 radical (unpaired) electrons. The van der Waals surface area contributed by atoms with E-state index in [4.69, 9.17) is 4.74 Å². The van der Waals surface area contributed by atoms with E-state index in [-0.39, 0.29) is 17.9 Å². The number of nitrogens with one attached hydrogen (secondary N) is 2. The van der Waals surface area contributed by atoms with Crippen molar-refractivity contribution in [1.29, 1.82) is 0 Å². The zero-order chi connectivity index (χ0) is 24.8. The Labute approximate surface area is 203 Å². The lowest BCUT2D eigenvalue weighted by Gasteiger charge is -2.26. The van der Waals surface area contributed by atoms with Crippen LogP contribution in [0.5, 0.6) is 0 Å². The molecule has 1 fully saturated rings. The number of aromatic amines is 1. The van der Waals surface area contributed by atoms with Crippen LogP contribution in [-0.2, 0) is 22.1 Å². The number of carbonyl (C=O) groups excluding carboxylic acids is 1. The van der Waals surface area contributed by atoms with Crippen LogP contribution in [0.4, 0.5) is 13.2 Å². The number of para-hydroxylation sites is 1. The Hall–Kier alpha value is -2.84. The minimum absolute atomic E-state index is 0.0616. The molecule has 0 saturated carbocycles. The van der Waals surface area contributed by atoms with Crippen molar-refractivity contribution in [2.45, 2.75) is 38.3 Å². The number of H-pyrrole nitrogens is 1. The Balaban J connectivity index is 1.57. The summed E-state index contributed by atoms with van der Waals surface area (Å²) in [7, 11) is 0. The summed E-state index contributed by atoms with van der Waals surface area (Å²) in [5.41, 5.74) is 2.11. The van der Waals surface area contributed by atoms with Crippen LogP contribution < -0.4 is 5.32 Å². The smallest absolute Gasteiger partial charge is 0.379 e. The van der Waals surface area contributed by atoms with E-state index in [1.807, 2.05) is 25.1 Å². The minimum Gasteiger partial charge on any atom is -0.379 e. The van der Waals surface area contributed by atoms with Gasteiger partial charge >= 0.3 is 6.18 Å². The summed E-state index contributed by atoms with van der Waals surface area (Å²) in [5, 5.41) is 3.78. The van der Waals surface area contributed by atoms with Gasteiger partial charge in [0, 0.05) is 49.1 Å². The number of aromatic nitrogens is 1. The fourth-order valence-electron chi connectivity index (χ4n) is 4.88.